The molecule has 0 bridgehead atoms. The van der Waals surface area contributed by atoms with E-state index in [0.29, 0.717) is 5.56 Å². The first-order valence-corrected chi connectivity index (χ1v) is 6.03. The van der Waals surface area contributed by atoms with E-state index in [1.54, 1.807) is 0 Å². The average molecular weight is 240 g/mol. The number of ether oxygens (including phenoxy) is 1. The van der Waals surface area contributed by atoms with Crippen LogP contribution in [0.2, 0.25) is 0 Å². The maximum absolute atomic E-state index is 12.0. The van der Waals surface area contributed by atoms with Gasteiger partial charge in [-0.1, -0.05) is 55.5 Å². The van der Waals surface area contributed by atoms with Crippen molar-refractivity contribution < 1.29 is 9.53 Å². The highest BCUT2D eigenvalue weighted by Crippen LogP contribution is 2.27. The van der Waals surface area contributed by atoms with Gasteiger partial charge in [0.05, 0.1) is 12.7 Å². The lowest BCUT2D eigenvalue weighted by Crippen LogP contribution is -2.07. The Bertz CT molecular complexity index is 544. The Labute approximate surface area is 107 Å². The lowest BCUT2D eigenvalue weighted by molar-refractivity contribution is 0.0600. The topological polar surface area (TPSA) is 26.3 Å². The minimum absolute atomic E-state index is 0.272. The Kier molecular flexibility index (Phi) is 3.78. The predicted molar refractivity (Wildman–Crippen MR) is 72.6 cm³/mol. The fourth-order valence-electron chi connectivity index (χ4n) is 2.10. The maximum atomic E-state index is 12.0. The first-order chi connectivity index (χ1) is 8.77. The van der Waals surface area contributed by atoms with E-state index < -0.39 is 0 Å². The van der Waals surface area contributed by atoms with Gasteiger partial charge in [-0.25, -0.2) is 4.79 Å². The van der Waals surface area contributed by atoms with E-state index in [0.717, 1.165) is 23.1 Å². The molecule has 0 N–H and O–H groups in total. The Morgan fingerprint density at radius 1 is 1.06 bits per heavy atom. The van der Waals surface area contributed by atoms with E-state index >= 15 is 0 Å². The number of hydrogen-bond donors (Lipinski definition) is 0. The van der Waals surface area contributed by atoms with Crippen LogP contribution in [0.3, 0.4) is 0 Å². The van der Waals surface area contributed by atoms with Crippen LogP contribution in [0.5, 0.6) is 0 Å². The van der Waals surface area contributed by atoms with Crippen molar-refractivity contribution >= 4 is 5.97 Å². The summed E-state index contributed by atoms with van der Waals surface area (Å²) in [5, 5.41) is 0. The van der Waals surface area contributed by atoms with Crippen molar-refractivity contribution in [1.29, 1.82) is 0 Å². The second-order valence-corrected chi connectivity index (χ2v) is 4.05. The van der Waals surface area contributed by atoms with Gasteiger partial charge in [-0.3, -0.25) is 0 Å². The summed E-state index contributed by atoms with van der Waals surface area (Å²) < 4.78 is 4.90. The summed E-state index contributed by atoms with van der Waals surface area (Å²) in [6.45, 7) is 2.04. The number of methoxy groups -OCH3 is 1. The van der Waals surface area contributed by atoms with Crippen LogP contribution < -0.4 is 0 Å². The Balaban J connectivity index is 2.64. The molecule has 0 heterocycles. The molecule has 0 fully saturated rings. The van der Waals surface area contributed by atoms with Gasteiger partial charge in [0, 0.05) is 0 Å². The highest BCUT2D eigenvalue weighted by molar-refractivity contribution is 5.98. The largest absolute Gasteiger partial charge is 0.465 e. The van der Waals surface area contributed by atoms with Crippen molar-refractivity contribution in [2.75, 3.05) is 7.11 Å². The molecular weight excluding hydrogens is 224 g/mol. The van der Waals surface area contributed by atoms with E-state index in [-0.39, 0.29) is 5.97 Å². The van der Waals surface area contributed by atoms with E-state index in [4.69, 9.17) is 4.74 Å². The lowest BCUT2D eigenvalue weighted by atomic mass is 9.94. The summed E-state index contributed by atoms with van der Waals surface area (Å²) in [5.74, 6) is -0.272. The first-order valence-electron chi connectivity index (χ1n) is 6.03. The summed E-state index contributed by atoms with van der Waals surface area (Å²) in [6.07, 6.45) is 0.811. The van der Waals surface area contributed by atoms with Crippen LogP contribution in [0.25, 0.3) is 11.1 Å². The SMILES string of the molecule is CCc1cccc(-c2ccccc2)c1C(=O)OC. The molecule has 0 aromatic heterocycles. The molecule has 0 atom stereocenters. The molecule has 2 aromatic rings. The monoisotopic (exact) mass is 240 g/mol. The smallest absolute Gasteiger partial charge is 0.338 e. The quantitative estimate of drug-likeness (QED) is 0.764. The molecule has 0 saturated carbocycles. The minimum atomic E-state index is -0.272. The van der Waals surface area contributed by atoms with Crippen molar-refractivity contribution in [2.24, 2.45) is 0 Å². The second-order valence-electron chi connectivity index (χ2n) is 4.05. The van der Waals surface area contributed by atoms with E-state index in [9.17, 15) is 4.79 Å². The molecular formula is C16H16O2. The van der Waals surface area contributed by atoms with Crippen LogP contribution >= 0.6 is 0 Å². The molecule has 0 radical (unpaired) electrons. The fourth-order valence-corrected chi connectivity index (χ4v) is 2.10. The Morgan fingerprint density at radius 3 is 2.39 bits per heavy atom. The van der Waals surface area contributed by atoms with Crippen LogP contribution in [0, 0.1) is 0 Å². The maximum Gasteiger partial charge on any atom is 0.338 e. The standard InChI is InChI=1S/C16H16O2/c1-3-12-10-7-11-14(15(12)16(17)18-2)13-8-5-4-6-9-13/h4-11H,3H2,1-2H3. The van der Waals surface area contributed by atoms with Gasteiger partial charge in [-0.2, -0.15) is 0 Å². The van der Waals surface area contributed by atoms with Gasteiger partial charge in [0.15, 0.2) is 0 Å². The number of carbonyl (C=O) groups is 1. The fraction of sp³-hybridized carbons (Fsp3) is 0.188. The number of benzene rings is 2. The number of esters is 1. The van der Waals surface area contributed by atoms with Gasteiger partial charge in [-0.05, 0) is 23.1 Å². The Morgan fingerprint density at radius 2 is 1.78 bits per heavy atom. The van der Waals surface area contributed by atoms with Crippen LogP contribution in [0.15, 0.2) is 48.5 Å². The van der Waals surface area contributed by atoms with Crippen LogP contribution in [-0.4, -0.2) is 13.1 Å². The minimum Gasteiger partial charge on any atom is -0.465 e. The zero-order valence-corrected chi connectivity index (χ0v) is 10.6. The number of rotatable bonds is 3. The third-order valence-electron chi connectivity index (χ3n) is 3.01. The summed E-state index contributed by atoms with van der Waals surface area (Å²) in [7, 11) is 1.42. The van der Waals surface area contributed by atoms with Crippen LogP contribution in [0.4, 0.5) is 0 Å². The van der Waals surface area contributed by atoms with Crippen molar-refractivity contribution in [3.05, 3.63) is 59.7 Å². The van der Waals surface area contributed by atoms with Gasteiger partial charge in [0.1, 0.15) is 0 Å². The lowest BCUT2D eigenvalue weighted by Gasteiger charge is -2.12. The number of carbonyl (C=O) groups excluding carboxylic acids is 1. The predicted octanol–water partition coefficient (Wildman–Crippen LogP) is 3.70. The van der Waals surface area contributed by atoms with E-state index in [1.807, 2.05) is 55.5 Å². The summed E-state index contributed by atoms with van der Waals surface area (Å²) >= 11 is 0. The highest BCUT2D eigenvalue weighted by Gasteiger charge is 2.16. The third-order valence-corrected chi connectivity index (χ3v) is 3.01. The van der Waals surface area contributed by atoms with Gasteiger partial charge >= 0.3 is 5.97 Å². The molecule has 0 amide bonds. The highest BCUT2D eigenvalue weighted by atomic mass is 16.5. The summed E-state index contributed by atoms with van der Waals surface area (Å²) in [5.41, 5.74) is 3.66. The Hall–Kier alpha value is -2.09. The summed E-state index contributed by atoms with van der Waals surface area (Å²) in [6, 6.07) is 15.8. The molecule has 2 nitrogen and oxygen atoms in total. The normalized spacial score (nSPS) is 10.1. The molecule has 0 aliphatic carbocycles. The molecule has 2 heteroatoms. The van der Waals surface area contributed by atoms with Crippen LogP contribution in [-0.2, 0) is 11.2 Å². The van der Waals surface area contributed by atoms with E-state index in [1.165, 1.54) is 7.11 Å². The van der Waals surface area contributed by atoms with Crippen molar-refractivity contribution in [3.8, 4) is 11.1 Å². The zero-order chi connectivity index (χ0) is 13.0. The second kappa shape index (κ2) is 5.50. The van der Waals surface area contributed by atoms with Gasteiger partial charge in [0.25, 0.3) is 0 Å². The van der Waals surface area contributed by atoms with Crippen molar-refractivity contribution in [2.45, 2.75) is 13.3 Å². The first kappa shape index (κ1) is 12.4. The zero-order valence-electron chi connectivity index (χ0n) is 10.6. The van der Waals surface area contributed by atoms with Gasteiger partial charge in [0.2, 0.25) is 0 Å². The number of aryl methyl sites for hydroxylation is 1. The molecule has 0 unspecified atom stereocenters. The molecule has 92 valence electrons. The average Bonchev–Trinajstić information content (AvgIpc) is 2.46. The molecule has 0 aliphatic rings. The molecule has 0 saturated heterocycles. The molecule has 0 spiro atoms. The van der Waals surface area contributed by atoms with Crippen molar-refractivity contribution in [3.63, 3.8) is 0 Å². The molecule has 0 aliphatic heterocycles. The van der Waals surface area contributed by atoms with Crippen molar-refractivity contribution in [1.82, 2.24) is 0 Å². The number of hydrogen-bond acceptors (Lipinski definition) is 2. The molecule has 2 rings (SSSR count). The molecule has 2 aromatic carbocycles. The van der Waals surface area contributed by atoms with E-state index in [2.05, 4.69) is 0 Å². The van der Waals surface area contributed by atoms with Gasteiger partial charge in [-0.15, -0.1) is 0 Å². The van der Waals surface area contributed by atoms with Crippen LogP contribution in [0.1, 0.15) is 22.8 Å². The summed E-state index contributed by atoms with van der Waals surface area (Å²) in [4.78, 5) is 12.0. The van der Waals surface area contributed by atoms with Gasteiger partial charge < -0.3 is 4.74 Å². The third kappa shape index (κ3) is 2.28. The molecule has 18 heavy (non-hydrogen) atoms.